The standard InChI is InChI=1S/C13H18BrNO2S/c1-3-15(4-2)7-8-18-10-5-6-11(13(16)17)12(14)9-10/h5-6,9H,3-4,7-8H2,1-2H3,(H,16,17). The first-order valence-corrected chi connectivity index (χ1v) is 7.74. The molecule has 1 aromatic carbocycles. The Hall–Kier alpha value is -0.520. The lowest BCUT2D eigenvalue weighted by atomic mass is 10.2. The maximum Gasteiger partial charge on any atom is 0.336 e. The van der Waals surface area contributed by atoms with Gasteiger partial charge in [-0.1, -0.05) is 13.8 Å². The first-order valence-electron chi connectivity index (χ1n) is 5.96. The molecule has 0 radical (unpaired) electrons. The first kappa shape index (κ1) is 15.5. The zero-order valence-electron chi connectivity index (χ0n) is 10.6. The average molecular weight is 332 g/mol. The van der Waals surface area contributed by atoms with Crippen LogP contribution in [0.5, 0.6) is 0 Å². The molecular formula is C13H18BrNO2S. The quantitative estimate of drug-likeness (QED) is 0.775. The number of nitrogens with zero attached hydrogens (tertiary/aromatic N) is 1. The molecule has 1 aromatic rings. The average Bonchev–Trinajstić information content (AvgIpc) is 2.34. The third kappa shape index (κ3) is 4.63. The molecule has 0 aliphatic heterocycles. The van der Waals surface area contributed by atoms with E-state index in [0.29, 0.717) is 10.0 Å². The van der Waals surface area contributed by atoms with Crippen LogP contribution >= 0.6 is 27.7 Å². The Morgan fingerprint density at radius 1 is 1.39 bits per heavy atom. The van der Waals surface area contributed by atoms with Gasteiger partial charge in [-0.3, -0.25) is 0 Å². The Balaban J connectivity index is 2.53. The zero-order chi connectivity index (χ0) is 13.5. The van der Waals surface area contributed by atoms with Gasteiger partial charge in [0.2, 0.25) is 0 Å². The number of benzene rings is 1. The van der Waals surface area contributed by atoms with Gasteiger partial charge in [-0.15, -0.1) is 11.8 Å². The van der Waals surface area contributed by atoms with Crippen molar-refractivity contribution in [3.63, 3.8) is 0 Å². The van der Waals surface area contributed by atoms with E-state index in [1.807, 2.05) is 12.1 Å². The Kier molecular flexibility index (Phi) is 6.75. The molecule has 3 nitrogen and oxygen atoms in total. The lowest BCUT2D eigenvalue weighted by Gasteiger charge is -2.17. The molecule has 18 heavy (non-hydrogen) atoms. The summed E-state index contributed by atoms with van der Waals surface area (Å²) in [7, 11) is 0. The lowest BCUT2D eigenvalue weighted by molar-refractivity contribution is 0.0696. The van der Waals surface area contributed by atoms with Crippen molar-refractivity contribution in [1.29, 1.82) is 0 Å². The van der Waals surface area contributed by atoms with Gasteiger partial charge in [0, 0.05) is 21.7 Å². The van der Waals surface area contributed by atoms with Crippen molar-refractivity contribution in [2.75, 3.05) is 25.4 Å². The second-order valence-electron chi connectivity index (χ2n) is 3.82. The van der Waals surface area contributed by atoms with Crippen LogP contribution in [-0.4, -0.2) is 41.4 Å². The van der Waals surface area contributed by atoms with E-state index in [4.69, 9.17) is 5.11 Å². The molecule has 0 aliphatic carbocycles. The van der Waals surface area contributed by atoms with Crippen LogP contribution in [0.1, 0.15) is 24.2 Å². The molecule has 5 heteroatoms. The number of aromatic carboxylic acids is 1. The van der Waals surface area contributed by atoms with Crippen LogP contribution < -0.4 is 0 Å². The van der Waals surface area contributed by atoms with Crippen LogP contribution in [0.15, 0.2) is 27.6 Å². The van der Waals surface area contributed by atoms with Gasteiger partial charge in [0.15, 0.2) is 0 Å². The van der Waals surface area contributed by atoms with Crippen LogP contribution in [0, 0.1) is 0 Å². The van der Waals surface area contributed by atoms with E-state index >= 15 is 0 Å². The fourth-order valence-corrected chi connectivity index (χ4v) is 3.24. The molecule has 0 fully saturated rings. The fraction of sp³-hybridized carbons (Fsp3) is 0.462. The highest BCUT2D eigenvalue weighted by Crippen LogP contribution is 2.25. The van der Waals surface area contributed by atoms with Crippen molar-refractivity contribution in [1.82, 2.24) is 4.90 Å². The molecule has 0 amide bonds. The van der Waals surface area contributed by atoms with Gasteiger partial charge in [-0.05, 0) is 47.2 Å². The van der Waals surface area contributed by atoms with E-state index in [1.165, 1.54) is 0 Å². The molecule has 0 unspecified atom stereocenters. The lowest BCUT2D eigenvalue weighted by Crippen LogP contribution is -2.25. The maximum absolute atomic E-state index is 10.9. The second-order valence-corrected chi connectivity index (χ2v) is 5.84. The Morgan fingerprint density at radius 3 is 2.56 bits per heavy atom. The Bertz CT molecular complexity index is 408. The van der Waals surface area contributed by atoms with Gasteiger partial charge in [0.1, 0.15) is 0 Å². The number of hydrogen-bond donors (Lipinski definition) is 1. The molecule has 100 valence electrons. The Labute approximate surface area is 121 Å². The largest absolute Gasteiger partial charge is 0.478 e. The van der Waals surface area contributed by atoms with E-state index in [-0.39, 0.29) is 0 Å². The number of carboxylic acids is 1. The second kappa shape index (κ2) is 7.81. The molecular weight excluding hydrogens is 314 g/mol. The summed E-state index contributed by atoms with van der Waals surface area (Å²) in [6.07, 6.45) is 0. The summed E-state index contributed by atoms with van der Waals surface area (Å²) in [4.78, 5) is 14.3. The smallest absolute Gasteiger partial charge is 0.336 e. The van der Waals surface area contributed by atoms with E-state index in [9.17, 15) is 4.79 Å². The van der Waals surface area contributed by atoms with Gasteiger partial charge in [0.25, 0.3) is 0 Å². The Morgan fingerprint density at radius 2 is 2.06 bits per heavy atom. The minimum absolute atomic E-state index is 0.308. The predicted octanol–water partition coefficient (Wildman–Crippen LogP) is 3.58. The fourth-order valence-electron chi connectivity index (χ4n) is 1.59. The molecule has 0 aromatic heterocycles. The third-order valence-corrected chi connectivity index (χ3v) is 4.37. The minimum Gasteiger partial charge on any atom is -0.478 e. The van der Waals surface area contributed by atoms with Crippen LogP contribution in [0.2, 0.25) is 0 Å². The maximum atomic E-state index is 10.9. The highest BCUT2D eigenvalue weighted by molar-refractivity contribution is 9.10. The van der Waals surface area contributed by atoms with Crippen molar-refractivity contribution in [3.8, 4) is 0 Å². The van der Waals surface area contributed by atoms with Crippen molar-refractivity contribution in [2.45, 2.75) is 18.7 Å². The molecule has 0 saturated carbocycles. The van der Waals surface area contributed by atoms with Gasteiger partial charge in [-0.2, -0.15) is 0 Å². The number of carbonyl (C=O) groups is 1. The van der Waals surface area contributed by atoms with Crippen molar-refractivity contribution < 1.29 is 9.90 Å². The molecule has 0 bridgehead atoms. The molecule has 1 N–H and O–H groups in total. The molecule has 0 saturated heterocycles. The van der Waals surface area contributed by atoms with Crippen LogP contribution in [0.25, 0.3) is 0 Å². The van der Waals surface area contributed by atoms with Crippen LogP contribution in [-0.2, 0) is 0 Å². The van der Waals surface area contributed by atoms with E-state index in [2.05, 4.69) is 34.7 Å². The van der Waals surface area contributed by atoms with Crippen molar-refractivity contribution >= 4 is 33.7 Å². The zero-order valence-corrected chi connectivity index (χ0v) is 13.1. The molecule has 0 atom stereocenters. The highest BCUT2D eigenvalue weighted by Gasteiger charge is 2.08. The number of rotatable bonds is 7. The highest BCUT2D eigenvalue weighted by atomic mass is 79.9. The molecule has 0 spiro atoms. The molecule has 1 rings (SSSR count). The van der Waals surface area contributed by atoms with E-state index < -0.39 is 5.97 Å². The van der Waals surface area contributed by atoms with Crippen LogP contribution in [0.3, 0.4) is 0 Å². The molecule has 0 aliphatic rings. The SMILES string of the molecule is CCN(CC)CCSc1ccc(C(=O)O)c(Br)c1. The van der Waals surface area contributed by atoms with Gasteiger partial charge in [0.05, 0.1) is 5.56 Å². The summed E-state index contributed by atoms with van der Waals surface area (Å²) >= 11 is 5.04. The first-order chi connectivity index (χ1) is 8.58. The van der Waals surface area contributed by atoms with E-state index in [0.717, 1.165) is 30.3 Å². The summed E-state index contributed by atoms with van der Waals surface area (Å²) in [5.41, 5.74) is 0.308. The van der Waals surface area contributed by atoms with Crippen LogP contribution in [0.4, 0.5) is 0 Å². The summed E-state index contributed by atoms with van der Waals surface area (Å²) in [5.74, 6) is 0.113. The van der Waals surface area contributed by atoms with Gasteiger partial charge in [-0.25, -0.2) is 4.79 Å². The number of thioether (sulfide) groups is 1. The number of halogens is 1. The van der Waals surface area contributed by atoms with Crippen molar-refractivity contribution in [2.24, 2.45) is 0 Å². The summed E-state index contributed by atoms with van der Waals surface area (Å²) in [5, 5.41) is 8.93. The van der Waals surface area contributed by atoms with Crippen molar-refractivity contribution in [3.05, 3.63) is 28.2 Å². The normalized spacial score (nSPS) is 10.9. The summed E-state index contributed by atoms with van der Waals surface area (Å²) < 4.78 is 0.642. The number of hydrogen-bond acceptors (Lipinski definition) is 3. The van der Waals surface area contributed by atoms with Gasteiger partial charge < -0.3 is 10.0 Å². The topological polar surface area (TPSA) is 40.5 Å². The molecule has 0 heterocycles. The van der Waals surface area contributed by atoms with Gasteiger partial charge >= 0.3 is 5.97 Å². The summed E-state index contributed by atoms with van der Waals surface area (Å²) in [6.45, 7) is 7.51. The monoisotopic (exact) mass is 331 g/mol. The summed E-state index contributed by atoms with van der Waals surface area (Å²) in [6, 6.07) is 5.38. The third-order valence-electron chi connectivity index (χ3n) is 2.74. The van der Waals surface area contributed by atoms with E-state index in [1.54, 1.807) is 17.8 Å². The predicted molar refractivity (Wildman–Crippen MR) is 79.6 cm³/mol. The minimum atomic E-state index is -0.901. The number of carboxylic acid groups (broad SMARTS) is 1.